The van der Waals surface area contributed by atoms with Crippen LogP contribution in [0.4, 0.5) is 5.82 Å². The molecule has 20 heavy (non-hydrogen) atoms. The lowest BCUT2D eigenvalue weighted by Crippen LogP contribution is -2.47. The topological polar surface area (TPSA) is 59.5 Å². The molecule has 0 saturated heterocycles. The molecule has 2 aromatic rings. The van der Waals surface area contributed by atoms with Crippen molar-refractivity contribution in [2.24, 2.45) is 5.73 Å². The first-order valence-corrected chi connectivity index (χ1v) is 6.95. The molecule has 0 amide bonds. The number of hydrogen-bond donors (Lipinski definition) is 1. The number of aromatic nitrogens is 3. The Balaban J connectivity index is 2.58. The average molecular weight is 275 g/mol. The molecule has 0 aromatic carbocycles. The fourth-order valence-corrected chi connectivity index (χ4v) is 1.96. The Morgan fingerprint density at radius 1 is 1.25 bits per heavy atom. The van der Waals surface area contributed by atoms with Crippen molar-refractivity contribution in [3.05, 3.63) is 24.2 Å². The molecular weight excluding hydrogens is 250 g/mol. The first-order chi connectivity index (χ1) is 9.16. The molecule has 0 saturated carbocycles. The van der Waals surface area contributed by atoms with Gasteiger partial charge in [-0.2, -0.15) is 5.10 Å². The number of hydrogen-bond acceptors (Lipinski definition) is 4. The molecular formula is C15H25N5. The van der Waals surface area contributed by atoms with Crippen LogP contribution in [0.1, 0.15) is 40.3 Å². The number of likely N-dealkylation sites (N-methyl/N-ethyl adjacent to an activating group) is 1. The van der Waals surface area contributed by atoms with Crippen LogP contribution < -0.4 is 10.6 Å². The minimum Gasteiger partial charge on any atom is -0.351 e. The fourth-order valence-electron chi connectivity index (χ4n) is 1.96. The van der Waals surface area contributed by atoms with Crippen LogP contribution in [0.15, 0.2) is 18.5 Å². The van der Waals surface area contributed by atoms with Crippen LogP contribution >= 0.6 is 0 Å². The smallest absolute Gasteiger partial charge is 0.154 e. The molecule has 2 N–H and O–H groups in total. The number of rotatable bonds is 3. The highest BCUT2D eigenvalue weighted by molar-refractivity contribution is 5.70. The Morgan fingerprint density at radius 3 is 2.45 bits per heavy atom. The fraction of sp³-hybridized carbons (Fsp3) is 0.600. The van der Waals surface area contributed by atoms with Crippen LogP contribution in [0, 0.1) is 0 Å². The van der Waals surface area contributed by atoms with Gasteiger partial charge in [0, 0.05) is 36.9 Å². The summed E-state index contributed by atoms with van der Waals surface area (Å²) in [5, 5.41) is 4.65. The third kappa shape index (κ3) is 2.50. The van der Waals surface area contributed by atoms with E-state index in [4.69, 9.17) is 5.73 Å². The van der Waals surface area contributed by atoms with Crippen molar-refractivity contribution < 1.29 is 0 Å². The summed E-state index contributed by atoms with van der Waals surface area (Å²) in [6.45, 7) is 11.3. The summed E-state index contributed by atoms with van der Waals surface area (Å²) >= 11 is 0. The van der Waals surface area contributed by atoms with Gasteiger partial charge in [-0.3, -0.25) is 0 Å². The van der Waals surface area contributed by atoms with Gasteiger partial charge in [-0.05, 0) is 19.9 Å². The van der Waals surface area contributed by atoms with Crippen LogP contribution in [0.3, 0.4) is 0 Å². The monoisotopic (exact) mass is 275 g/mol. The molecule has 2 rings (SSSR count). The quantitative estimate of drug-likeness (QED) is 0.933. The largest absolute Gasteiger partial charge is 0.351 e. The van der Waals surface area contributed by atoms with Gasteiger partial charge in [0.25, 0.3) is 0 Å². The van der Waals surface area contributed by atoms with Crippen molar-refractivity contribution in [2.45, 2.75) is 45.6 Å². The van der Waals surface area contributed by atoms with Gasteiger partial charge in [-0.1, -0.05) is 20.8 Å². The molecule has 0 aliphatic heterocycles. The van der Waals surface area contributed by atoms with E-state index in [9.17, 15) is 0 Å². The maximum absolute atomic E-state index is 5.87. The van der Waals surface area contributed by atoms with Crippen LogP contribution in [-0.2, 0) is 5.41 Å². The Labute approximate surface area is 120 Å². The summed E-state index contributed by atoms with van der Waals surface area (Å²) in [4.78, 5) is 6.65. The summed E-state index contributed by atoms with van der Waals surface area (Å²) in [6, 6.07) is 2.12. The summed E-state index contributed by atoms with van der Waals surface area (Å²) in [6.07, 6.45) is 3.67. The van der Waals surface area contributed by atoms with E-state index in [-0.39, 0.29) is 11.0 Å². The SMILES string of the molecule is CN(c1nccn2nc(C(C)(C)C)cc12)C(C)(C)CN. The van der Waals surface area contributed by atoms with Crippen LogP contribution in [0.2, 0.25) is 0 Å². The van der Waals surface area contributed by atoms with Crippen molar-refractivity contribution in [3.63, 3.8) is 0 Å². The molecule has 0 atom stereocenters. The van der Waals surface area contributed by atoms with E-state index in [1.165, 1.54) is 0 Å². The number of nitrogens with zero attached hydrogens (tertiary/aromatic N) is 4. The minimum atomic E-state index is -0.152. The van der Waals surface area contributed by atoms with Crippen LogP contribution in [0.5, 0.6) is 0 Å². The lowest BCUT2D eigenvalue weighted by molar-refractivity contribution is 0.495. The summed E-state index contributed by atoms with van der Waals surface area (Å²) < 4.78 is 1.89. The second-order valence-corrected chi connectivity index (χ2v) is 6.94. The van der Waals surface area contributed by atoms with Gasteiger partial charge in [-0.25, -0.2) is 9.50 Å². The van der Waals surface area contributed by atoms with Crippen molar-refractivity contribution in [1.29, 1.82) is 0 Å². The molecule has 0 aliphatic rings. The van der Waals surface area contributed by atoms with Crippen molar-refractivity contribution in [1.82, 2.24) is 14.6 Å². The van der Waals surface area contributed by atoms with E-state index < -0.39 is 0 Å². The lowest BCUT2D eigenvalue weighted by atomic mass is 9.92. The predicted molar refractivity (Wildman–Crippen MR) is 83.2 cm³/mol. The Kier molecular flexibility index (Phi) is 3.50. The Hall–Kier alpha value is -1.62. The van der Waals surface area contributed by atoms with Gasteiger partial charge in [0.2, 0.25) is 0 Å². The number of fused-ring (bicyclic) bond motifs is 1. The molecule has 0 unspecified atom stereocenters. The van der Waals surface area contributed by atoms with Gasteiger partial charge in [0.1, 0.15) is 5.52 Å². The maximum atomic E-state index is 5.87. The second-order valence-electron chi connectivity index (χ2n) is 6.94. The first kappa shape index (κ1) is 14.8. The zero-order valence-corrected chi connectivity index (χ0v) is 13.3. The molecule has 0 spiro atoms. The minimum absolute atomic E-state index is 0.0191. The van der Waals surface area contributed by atoms with Gasteiger partial charge in [-0.15, -0.1) is 0 Å². The van der Waals surface area contributed by atoms with Crippen LogP contribution in [0.25, 0.3) is 5.52 Å². The zero-order chi connectivity index (χ0) is 15.1. The molecule has 0 radical (unpaired) electrons. The van der Waals surface area contributed by atoms with Crippen LogP contribution in [-0.4, -0.2) is 33.7 Å². The highest BCUT2D eigenvalue weighted by Gasteiger charge is 2.26. The number of anilines is 1. The van der Waals surface area contributed by atoms with E-state index in [1.54, 1.807) is 6.20 Å². The molecule has 0 fully saturated rings. The highest BCUT2D eigenvalue weighted by Crippen LogP contribution is 2.28. The molecule has 5 nitrogen and oxygen atoms in total. The van der Waals surface area contributed by atoms with E-state index >= 15 is 0 Å². The third-order valence-electron chi connectivity index (χ3n) is 3.86. The molecule has 110 valence electrons. The molecule has 0 aliphatic carbocycles. The second kappa shape index (κ2) is 4.74. The Bertz CT molecular complexity index is 606. The van der Waals surface area contributed by atoms with E-state index in [1.807, 2.05) is 17.8 Å². The van der Waals surface area contributed by atoms with E-state index in [0.717, 1.165) is 17.0 Å². The normalized spacial score (nSPS) is 12.9. The van der Waals surface area contributed by atoms with Crippen molar-refractivity contribution >= 4 is 11.3 Å². The van der Waals surface area contributed by atoms with Crippen molar-refractivity contribution in [2.75, 3.05) is 18.5 Å². The Morgan fingerprint density at radius 2 is 1.90 bits per heavy atom. The van der Waals surface area contributed by atoms with Crippen molar-refractivity contribution in [3.8, 4) is 0 Å². The maximum Gasteiger partial charge on any atom is 0.154 e. The lowest BCUT2D eigenvalue weighted by Gasteiger charge is -2.35. The molecule has 0 bridgehead atoms. The van der Waals surface area contributed by atoms with Gasteiger partial charge in [0.05, 0.1) is 5.69 Å². The molecule has 5 heteroatoms. The zero-order valence-electron chi connectivity index (χ0n) is 13.3. The average Bonchev–Trinajstić information content (AvgIpc) is 2.81. The van der Waals surface area contributed by atoms with E-state index in [0.29, 0.717) is 6.54 Å². The number of nitrogens with two attached hydrogens (primary N) is 1. The van der Waals surface area contributed by atoms with Gasteiger partial charge >= 0.3 is 0 Å². The molecule has 2 aromatic heterocycles. The summed E-state index contributed by atoms with van der Waals surface area (Å²) in [7, 11) is 2.03. The summed E-state index contributed by atoms with van der Waals surface area (Å²) in [5.41, 5.74) is 7.81. The van der Waals surface area contributed by atoms with Gasteiger partial charge in [0.15, 0.2) is 5.82 Å². The first-order valence-electron chi connectivity index (χ1n) is 6.95. The summed E-state index contributed by atoms with van der Waals surface area (Å²) in [5.74, 6) is 0.908. The standard InChI is InChI=1S/C15H25N5/c1-14(2,3)12-9-11-13(17-7-8-20(11)18-12)19(6)15(4,5)10-16/h7-9H,10,16H2,1-6H3. The third-order valence-corrected chi connectivity index (χ3v) is 3.86. The highest BCUT2D eigenvalue weighted by atomic mass is 15.3. The van der Waals surface area contributed by atoms with E-state index in [2.05, 4.69) is 55.7 Å². The predicted octanol–water partition coefficient (Wildman–Crippen LogP) is 2.20. The molecule has 2 heterocycles. The van der Waals surface area contributed by atoms with Gasteiger partial charge < -0.3 is 10.6 Å².